The molecule has 0 unspecified atom stereocenters. The molecule has 1 rings (SSSR count). The number of likely N-dealkylation sites (N-methyl/N-ethyl adjacent to an activating group) is 2. The molecule has 0 saturated heterocycles. The second-order valence-corrected chi connectivity index (χ2v) is 4.77. The standard InChI is InChI=1S/C9H16N4OS/c1-12(2)8(14)6-13(3)5-7-4-11-9(10)15-7/h4H,5-6H2,1-3H3,(H2,10,11). The van der Waals surface area contributed by atoms with Crippen LogP contribution in [0.15, 0.2) is 6.20 Å². The van der Waals surface area contributed by atoms with E-state index >= 15 is 0 Å². The van der Waals surface area contributed by atoms with Gasteiger partial charge in [0.25, 0.3) is 0 Å². The lowest BCUT2D eigenvalue weighted by Crippen LogP contribution is -2.33. The van der Waals surface area contributed by atoms with Crippen LogP contribution in [-0.2, 0) is 11.3 Å². The number of anilines is 1. The van der Waals surface area contributed by atoms with E-state index < -0.39 is 0 Å². The molecule has 0 aliphatic rings. The van der Waals surface area contributed by atoms with Crippen molar-refractivity contribution in [1.82, 2.24) is 14.8 Å². The Morgan fingerprint density at radius 3 is 2.67 bits per heavy atom. The van der Waals surface area contributed by atoms with Crippen LogP contribution < -0.4 is 5.73 Å². The molecule has 0 atom stereocenters. The SMILES string of the molecule is CN(CC(=O)N(C)C)Cc1cnc(N)s1. The minimum atomic E-state index is 0.0926. The summed E-state index contributed by atoms with van der Waals surface area (Å²) in [7, 11) is 5.40. The molecule has 1 heterocycles. The maximum absolute atomic E-state index is 11.4. The van der Waals surface area contributed by atoms with Crippen molar-refractivity contribution < 1.29 is 4.79 Å². The lowest BCUT2D eigenvalue weighted by atomic mass is 10.4. The van der Waals surface area contributed by atoms with E-state index in [0.717, 1.165) is 4.88 Å². The van der Waals surface area contributed by atoms with Crippen molar-refractivity contribution in [2.75, 3.05) is 33.4 Å². The number of thiazole rings is 1. The third-order valence-corrected chi connectivity index (χ3v) is 2.71. The van der Waals surface area contributed by atoms with Crippen LogP contribution in [0.2, 0.25) is 0 Å². The van der Waals surface area contributed by atoms with E-state index in [4.69, 9.17) is 5.73 Å². The Morgan fingerprint density at radius 2 is 2.20 bits per heavy atom. The topological polar surface area (TPSA) is 62.5 Å². The van der Waals surface area contributed by atoms with Crippen LogP contribution in [0.4, 0.5) is 5.13 Å². The van der Waals surface area contributed by atoms with Gasteiger partial charge in [-0.15, -0.1) is 11.3 Å². The first-order valence-corrected chi connectivity index (χ1v) is 5.39. The molecule has 6 heteroatoms. The van der Waals surface area contributed by atoms with Crippen molar-refractivity contribution in [3.8, 4) is 0 Å². The van der Waals surface area contributed by atoms with E-state index in [0.29, 0.717) is 18.2 Å². The highest BCUT2D eigenvalue weighted by molar-refractivity contribution is 7.15. The lowest BCUT2D eigenvalue weighted by Gasteiger charge is -2.17. The predicted octanol–water partition coefficient (Wildman–Crippen LogP) is 0.245. The summed E-state index contributed by atoms with van der Waals surface area (Å²) in [6.45, 7) is 1.11. The van der Waals surface area contributed by atoms with Crippen LogP contribution in [0, 0.1) is 0 Å². The maximum Gasteiger partial charge on any atom is 0.236 e. The molecule has 1 aromatic rings. The minimum absolute atomic E-state index is 0.0926. The summed E-state index contributed by atoms with van der Waals surface area (Å²) < 4.78 is 0. The molecule has 5 nitrogen and oxygen atoms in total. The molecule has 0 fully saturated rings. The second kappa shape index (κ2) is 5.09. The summed E-state index contributed by atoms with van der Waals surface area (Å²) >= 11 is 1.45. The van der Waals surface area contributed by atoms with Gasteiger partial charge in [0.05, 0.1) is 6.54 Å². The zero-order valence-electron chi connectivity index (χ0n) is 9.23. The van der Waals surface area contributed by atoms with Crippen molar-refractivity contribution in [2.24, 2.45) is 0 Å². The van der Waals surface area contributed by atoms with Crippen LogP contribution in [0.25, 0.3) is 0 Å². The molecule has 0 aromatic carbocycles. The monoisotopic (exact) mass is 228 g/mol. The van der Waals surface area contributed by atoms with Crippen LogP contribution in [-0.4, -0.2) is 48.4 Å². The van der Waals surface area contributed by atoms with Gasteiger partial charge in [-0.05, 0) is 7.05 Å². The molecule has 0 aliphatic heterocycles. The zero-order chi connectivity index (χ0) is 11.4. The van der Waals surface area contributed by atoms with Crippen LogP contribution in [0.1, 0.15) is 4.88 Å². The van der Waals surface area contributed by atoms with Crippen molar-refractivity contribution in [1.29, 1.82) is 0 Å². The fourth-order valence-electron chi connectivity index (χ4n) is 1.09. The Labute approximate surface area is 93.5 Å². The van der Waals surface area contributed by atoms with E-state index in [9.17, 15) is 4.79 Å². The van der Waals surface area contributed by atoms with Gasteiger partial charge in [0.1, 0.15) is 0 Å². The Kier molecular flexibility index (Phi) is 4.05. The van der Waals surface area contributed by atoms with Crippen LogP contribution in [0.3, 0.4) is 0 Å². The summed E-state index contributed by atoms with van der Waals surface area (Å²) in [4.78, 5) is 19.9. The van der Waals surface area contributed by atoms with Crippen molar-refractivity contribution in [2.45, 2.75) is 6.54 Å². The number of nitrogen functional groups attached to an aromatic ring is 1. The summed E-state index contributed by atoms with van der Waals surface area (Å²) in [5, 5.41) is 0.567. The van der Waals surface area contributed by atoms with Crippen molar-refractivity contribution in [3.05, 3.63) is 11.1 Å². The number of rotatable bonds is 4. The molecule has 0 bridgehead atoms. The van der Waals surface area contributed by atoms with Crippen molar-refractivity contribution >= 4 is 22.4 Å². The Morgan fingerprint density at radius 1 is 1.53 bits per heavy atom. The first-order chi connectivity index (χ1) is 6.99. The van der Waals surface area contributed by atoms with Gasteiger partial charge in [-0.2, -0.15) is 0 Å². The molecule has 0 radical (unpaired) electrons. The average Bonchev–Trinajstić information content (AvgIpc) is 2.50. The smallest absolute Gasteiger partial charge is 0.236 e. The highest BCUT2D eigenvalue weighted by atomic mass is 32.1. The average molecular weight is 228 g/mol. The van der Waals surface area contributed by atoms with E-state index in [-0.39, 0.29) is 5.91 Å². The largest absolute Gasteiger partial charge is 0.375 e. The van der Waals surface area contributed by atoms with Gasteiger partial charge in [-0.3, -0.25) is 9.69 Å². The molecule has 0 saturated carbocycles. The first-order valence-electron chi connectivity index (χ1n) is 4.58. The number of hydrogen-bond donors (Lipinski definition) is 1. The van der Waals surface area contributed by atoms with Gasteiger partial charge < -0.3 is 10.6 Å². The molecule has 15 heavy (non-hydrogen) atoms. The highest BCUT2D eigenvalue weighted by Crippen LogP contribution is 2.15. The summed E-state index contributed by atoms with van der Waals surface area (Å²) in [6.07, 6.45) is 1.75. The Bertz CT molecular complexity index is 337. The molecule has 1 aromatic heterocycles. The summed E-state index contributed by atoms with van der Waals surface area (Å²) in [5.41, 5.74) is 5.52. The fraction of sp³-hybridized carbons (Fsp3) is 0.556. The summed E-state index contributed by atoms with van der Waals surface area (Å²) in [6, 6.07) is 0. The van der Waals surface area contributed by atoms with Crippen molar-refractivity contribution in [3.63, 3.8) is 0 Å². The third kappa shape index (κ3) is 3.85. The normalized spacial score (nSPS) is 10.7. The van der Waals surface area contributed by atoms with Gasteiger partial charge in [0.2, 0.25) is 5.91 Å². The molecule has 0 aliphatic carbocycles. The number of amides is 1. The van der Waals surface area contributed by atoms with E-state index in [1.807, 2.05) is 11.9 Å². The van der Waals surface area contributed by atoms with E-state index in [1.165, 1.54) is 11.3 Å². The fourth-order valence-corrected chi connectivity index (χ4v) is 1.85. The maximum atomic E-state index is 11.4. The van der Waals surface area contributed by atoms with Gasteiger partial charge in [-0.25, -0.2) is 4.98 Å². The number of nitrogens with zero attached hydrogens (tertiary/aromatic N) is 3. The lowest BCUT2D eigenvalue weighted by molar-refractivity contribution is -0.129. The van der Waals surface area contributed by atoms with Crippen LogP contribution >= 0.6 is 11.3 Å². The minimum Gasteiger partial charge on any atom is -0.375 e. The summed E-state index contributed by atoms with van der Waals surface area (Å²) in [5.74, 6) is 0.0926. The van der Waals surface area contributed by atoms with Crippen LogP contribution in [0.5, 0.6) is 0 Å². The molecular weight excluding hydrogens is 212 g/mol. The van der Waals surface area contributed by atoms with Gasteiger partial charge in [0, 0.05) is 31.7 Å². The Hall–Kier alpha value is -1.14. The number of aromatic nitrogens is 1. The first kappa shape index (κ1) is 11.9. The Balaban J connectivity index is 2.42. The molecule has 84 valence electrons. The highest BCUT2D eigenvalue weighted by Gasteiger charge is 2.09. The molecule has 1 amide bonds. The van der Waals surface area contributed by atoms with Gasteiger partial charge in [-0.1, -0.05) is 0 Å². The molecule has 0 spiro atoms. The number of carbonyl (C=O) groups excluding carboxylic acids is 1. The molecule has 2 N–H and O–H groups in total. The van der Waals surface area contributed by atoms with E-state index in [1.54, 1.807) is 25.2 Å². The van der Waals surface area contributed by atoms with E-state index in [2.05, 4.69) is 4.98 Å². The molecular formula is C9H16N4OS. The number of carbonyl (C=O) groups is 1. The number of nitrogens with two attached hydrogens (primary N) is 1. The van der Waals surface area contributed by atoms with Gasteiger partial charge in [0.15, 0.2) is 5.13 Å². The van der Waals surface area contributed by atoms with Gasteiger partial charge >= 0.3 is 0 Å². The second-order valence-electron chi connectivity index (χ2n) is 3.63. The zero-order valence-corrected chi connectivity index (χ0v) is 10.0. The quantitative estimate of drug-likeness (QED) is 0.802. The predicted molar refractivity (Wildman–Crippen MR) is 61.6 cm³/mol. The number of hydrogen-bond acceptors (Lipinski definition) is 5. The third-order valence-electron chi connectivity index (χ3n) is 1.90.